The Balaban J connectivity index is 0.000000605. The first-order valence-electron chi connectivity index (χ1n) is 2.93. The van der Waals surface area contributed by atoms with Crippen LogP contribution in [-0.4, -0.2) is 69.5 Å². The minimum absolute atomic E-state index is 0. The van der Waals surface area contributed by atoms with Crippen LogP contribution in [0.25, 0.3) is 0 Å². The predicted molar refractivity (Wildman–Crippen MR) is 52.0 cm³/mol. The fraction of sp³-hybridized carbons (Fsp3) is 0. The van der Waals surface area contributed by atoms with Crippen LogP contribution < -0.4 is 0 Å². The van der Waals surface area contributed by atoms with Gasteiger partial charge in [-0.2, -0.15) is 4.40 Å². The summed E-state index contributed by atoms with van der Waals surface area (Å²) in [6.07, 6.45) is 1.64. The summed E-state index contributed by atoms with van der Waals surface area (Å²) < 4.78 is 14.7. The molecule has 0 saturated heterocycles. The molecule has 52 valence electrons. The van der Waals surface area contributed by atoms with Crippen LogP contribution in [0.3, 0.4) is 0 Å². The molecule has 0 N–H and O–H groups in total. The Bertz CT molecular complexity index is 327. The molecule has 0 aromatic heterocycles. The van der Waals surface area contributed by atoms with Crippen LogP contribution in [0.5, 0.6) is 0 Å². The summed E-state index contributed by atoms with van der Waals surface area (Å²) in [5.74, 6) is 0. The van der Waals surface area contributed by atoms with E-state index in [9.17, 15) is 4.21 Å². The van der Waals surface area contributed by atoms with Gasteiger partial charge in [-0.15, -0.1) is 0 Å². The van der Waals surface area contributed by atoms with E-state index in [4.69, 9.17) is 0 Å². The number of hydrogen-bond acceptors (Lipinski definition) is 1. The quantitative estimate of drug-likeness (QED) is 0.553. The van der Waals surface area contributed by atoms with E-state index in [1.165, 1.54) is 0 Å². The molecule has 1 aliphatic rings. The second-order valence-electron chi connectivity index (χ2n) is 2.02. The second-order valence-corrected chi connectivity index (χ2v) is 3.17. The van der Waals surface area contributed by atoms with Gasteiger partial charge in [-0.25, -0.2) is 4.21 Å². The van der Waals surface area contributed by atoms with Crippen LogP contribution in [0, 0.1) is 0 Å². The molecule has 12 heavy (non-hydrogen) atoms. The monoisotopic (exact) mass is 197 g/mol. The summed E-state index contributed by atoms with van der Waals surface area (Å²) >= 11 is 0. The van der Waals surface area contributed by atoms with Gasteiger partial charge in [0, 0.05) is 70.9 Å². The molecular weight excluding hydrogens is 192 g/mol. The van der Waals surface area contributed by atoms with Crippen molar-refractivity contribution in [3.05, 3.63) is 29.8 Å². The summed E-state index contributed by atoms with van der Waals surface area (Å²) in [7, 11) is -1.13. The third-order valence-corrected chi connectivity index (χ3v) is 2.44. The molecular formula is C7H5NNa2OS. The van der Waals surface area contributed by atoms with Gasteiger partial charge in [0.15, 0.2) is 11.0 Å². The molecule has 2 rings (SSSR count). The Kier molecular flexibility index (Phi) is 6.20. The van der Waals surface area contributed by atoms with E-state index in [-0.39, 0.29) is 59.1 Å². The van der Waals surface area contributed by atoms with Gasteiger partial charge in [0.1, 0.15) is 0 Å². The summed E-state index contributed by atoms with van der Waals surface area (Å²) in [5, 5.41) is 0. The number of nitrogens with zero attached hydrogens (tertiary/aromatic N) is 1. The van der Waals surface area contributed by atoms with Crippen LogP contribution in [0.4, 0.5) is 0 Å². The average Bonchev–Trinajstić information content (AvgIpc) is 2.34. The molecule has 2 nitrogen and oxygen atoms in total. The molecule has 0 amide bonds. The molecule has 0 fully saturated rings. The molecule has 1 unspecified atom stereocenters. The Labute approximate surface area is 118 Å². The SMILES string of the molecule is O=S1N=Cc2ccccc21.[Na].[Na]. The van der Waals surface area contributed by atoms with Crippen molar-refractivity contribution in [2.45, 2.75) is 4.90 Å². The minimum atomic E-state index is -1.13. The maximum atomic E-state index is 11.0. The Morgan fingerprint density at radius 3 is 2.50 bits per heavy atom. The van der Waals surface area contributed by atoms with Crippen LogP contribution in [-0.2, 0) is 11.0 Å². The van der Waals surface area contributed by atoms with Crippen LogP contribution in [0.1, 0.15) is 5.56 Å². The molecule has 0 bridgehead atoms. The van der Waals surface area contributed by atoms with Crippen LogP contribution in [0.2, 0.25) is 0 Å². The van der Waals surface area contributed by atoms with Gasteiger partial charge in [-0.1, -0.05) is 18.2 Å². The van der Waals surface area contributed by atoms with Crippen molar-refractivity contribution in [2.24, 2.45) is 4.40 Å². The number of fused-ring (bicyclic) bond motifs is 1. The summed E-state index contributed by atoms with van der Waals surface area (Å²) in [4.78, 5) is 0.822. The van der Waals surface area contributed by atoms with E-state index >= 15 is 0 Å². The van der Waals surface area contributed by atoms with E-state index in [1.54, 1.807) is 6.21 Å². The normalized spacial score (nSPS) is 17.5. The molecule has 1 aromatic rings. The van der Waals surface area contributed by atoms with E-state index in [1.807, 2.05) is 24.3 Å². The molecule has 2 radical (unpaired) electrons. The molecule has 1 atom stereocenters. The molecule has 0 aliphatic carbocycles. The fourth-order valence-corrected chi connectivity index (χ4v) is 1.75. The zero-order valence-electron chi connectivity index (χ0n) is 7.15. The zero-order valence-corrected chi connectivity index (χ0v) is 12.0. The van der Waals surface area contributed by atoms with Gasteiger partial charge in [0.25, 0.3) is 0 Å². The number of rotatable bonds is 0. The Hall–Kier alpha value is 1.04. The molecule has 1 aromatic carbocycles. The van der Waals surface area contributed by atoms with Gasteiger partial charge in [0.2, 0.25) is 0 Å². The number of hydrogen-bond donors (Lipinski definition) is 0. The Morgan fingerprint density at radius 2 is 1.83 bits per heavy atom. The smallest absolute Gasteiger partial charge is 0.173 e. The minimum Gasteiger partial charge on any atom is -0.229 e. The molecule has 1 heterocycles. The van der Waals surface area contributed by atoms with Gasteiger partial charge in [-0.3, -0.25) is 0 Å². The second kappa shape index (κ2) is 5.70. The first-order chi connectivity index (χ1) is 4.88. The van der Waals surface area contributed by atoms with Crippen molar-refractivity contribution in [2.75, 3.05) is 0 Å². The van der Waals surface area contributed by atoms with Crippen molar-refractivity contribution in [3.8, 4) is 0 Å². The first kappa shape index (κ1) is 13.0. The average molecular weight is 197 g/mol. The molecule has 0 spiro atoms. The molecule has 1 aliphatic heterocycles. The van der Waals surface area contributed by atoms with E-state index in [2.05, 4.69) is 4.40 Å². The summed E-state index contributed by atoms with van der Waals surface area (Å²) in [5.41, 5.74) is 0.973. The topological polar surface area (TPSA) is 29.4 Å². The van der Waals surface area contributed by atoms with Gasteiger partial charge in [0.05, 0.1) is 4.90 Å². The van der Waals surface area contributed by atoms with Gasteiger partial charge < -0.3 is 0 Å². The summed E-state index contributed by atoms with van der Waals surface area (Å²) in [6, 6.07) is 7.51. The van der Waals surface area contributed by atoms with Crippen molar-refractivity contribution in [1.82, 2.24) is 0 Å². The molecule has 0 saturated carbocycles. The number of benzene rings is 1. The van der Waals surface area contributed by atoms with E-state index in [0.717, 1.165) is 10.5 Å². The largest absolute Gasteiger partial charge is 0.229 e. The first-order valence-corrected chi connectivity index (χ1v) is 4.03. The van der Waals surface area contributed by atoms with E-state index < -0.39 is 11.0 Å². The molecule has 5 heteroatoms. The van der Waals surface area contributed by atoms with Crippen LogP contribution in [0.15, 0.2) is 33.6 Å². The van der Waals surface area contributed by atoms with Crippen molar-refractivity contribution in [1.29, 1.82) is 0 Å². The van der Waals surface area contributed by atoms with E-state index in [0.29, 0.717) is 0 Å². The fourth-order valence-electron chi connectivity index (χ4n) is 0.908. The Morgan fingerprint density at radius 1 is 1.17 bits per heavy atom. The van der Waals surface area contributed by atoms with Crippen LogP contribution >= 0.6 is 0 Å². The van der Waals surface area contributed by atoms with Gasteiger partial charge >= 0.3 is 0 Å². The van der Waals surface area contributed by atoms with Crippen molar-refractivity contribution >= 4 is 76.3 Å². The van der Waals surface area contributed by atoms with Crippen molar-refractivity contribution in [3.63, 3.8) is 0 Å². The third kappa shape index (κ3) is 2.51. The van der Waals surface area contributed by atoms with Crippen molar-refractivity contribution < 1.29 is 4.21 Å². The zero-order chi connectivity index (χ0) is 6.97. The standard InChI is InChI=1S/C7H5NOS.2Na/c9-10-7-4-2-1-3-6(7)5-8-10;;/h1-5H;;. The summed E-state index contributed by atoms with van der Waals surface area (Å²) in [6.45, 7) is 0. The third-order valence-electron chi connectivity index (χ3n) is 1.39. The predicted octanol–water partition coefficient (Wildman–Crippen LogP) is 0.380. The maximum Gasteiger partial charge on any atom is 0.173 e. The van der Waals surface area contributed by atoms with Gasteiger partial charge in [-0.05, 0) is 6.07 Å². The maximum absolute atomic E-state index is 11.0.